The number of carbonyl (C=O) groups excluding carboxylic acids is 1. The highest BCUT2D eigenvalue weighted by molar-refractivity contribution is 7.80. The van der Waals surface area contributed by atoms with Crippen LogP contribution >= 0.6 is 12.2 Å². The lowest BCUT2D eigenvalue weighted by Gasteiger charge is -2.17. The zero-order valence-electron chi connectivity index (χ0n) is 17.5. The minimum absolute atomic E-state index is 0.171. The molecule has 0 saturated heterocycles. The van der Waals surface area contributed by atoms with Crippen molar-refractivity contribution >= 4 is 50.7 Å². The fourth-order valence-corrected chi connectivity index (χ4v) is 3.50. The number of thiocarbonyl (C=S) groups is 1. The van der Waals surface area contributed by atoms with Crippen molar-refractivity contribution in [2.75, 3.05) is 5.32 Å². The topological polar surface area (TPSA) is 92.6 Å². The van der Waals surface area contributed by atoms with Crippen molar-refractivity contribution in [1.82, 2.24) is 10.9 Å². The highest BCUT2D eigenvalue weighted by atomic mass is 32.1. The van der Waals surface area contributed by atoms with Crippen LogP contribution in [-0.2, 0) is 4.79 Å². The van der Waals surface area contributed by atoms with Gasteiger partial charge in [0.05, 0.1) is 0 Å². The summed E-state index contributed by atoms with van der Waals surface area (Å²) in [6, 6.07) is 20.2. The van der Waals surface area contributed by atoms with E-state index >= 15 is 0 Å². The lowest BCUT2D eigenvalue weighted by atomic mass is 10.1. The van der Waals surface area contributed by atoms with E-state index in [9.17, 15) is 9.59 Å². The standard InChI is InChI=1S/C24H21N3O4S/c1-14-12-22(28)31-21-13-17(10-11-18(14)21)25-24(32)27-26-23(29)15(2)30-20-9-5-7-16-6-3-4-8-19(16)20/h3-13,15H,1-2H3,(H,26,29)(H2,25,27,32)/t15-/m1/s1. The number of rotatable bonds is 4. The average molecular weight is 448 g/mol. The van der Waals surface area contributed by atoms with Crippen LogP contribution in [0.5, 0.6) is 5.75 Å². The zero-order valence-corrected chi connectivity index (χ0v) is 18.3. The summed E-state index contributed by atoms with van der Waals surface area (Å²) >= 11 is 5.24. The Balaban J connectivity index is 1.35. The molecule has 1 aromatic heterocycles. The second kappa shape index (κ2) is 9.07. The Morgan fingerprint density at radius 2 is 1.78 bits per heavy atom. The molecule has 0 spiro atoms. The lowest BCUT2D eigenvalue weighted by molar-refractivity contribution is -0.127. The molecule has 0 aliphatic carbocycles. The van der Waals surface area contributed by atoms with E-state index in [1.165, 1.54) is 6.07 Å². The summed E-state index contributed by atoms with van der Waals surface area (Å²) in [5.74, 6) is 0.238. The number of carbonyl (C=O) groups is 1. The molecular weight excluding hydrogens is 426 g/mol. The van der Waals surface area contributed by atoms with Gasteiger partial charge in [0.1, 0.15) is 11.3 Å². The molecule has 0 unspecified atom stereocenters. The summed E-state index contributed by atoms with van der Waals surface area (Å²) < 4.78 is 11.1. The molecule has 4 rings (SSSR count). The number of hydrazine groups is 1. The molecular formula is C24H21N3O4S. The van der Waals surface area contributed by atoms with Gasteiger partial charge in [0, 0.05) is 28.6 Å². The van der Waals surface area contributed by atoms with Crippen LogP contribution in [0.4, 0.5) is 5.69 Å². The summed E-state index contributed by atoms with van der Waals surface area (Å²) in [7, 11) is 0. The minimum atomic E-state index is -0.756. The Hall–Kier alpha value is -3.91. The van der Waals surface area contributed by atoms with Gasteiger partial charge in [-0.1, -0.05) is 36.4 Å². The molecule has 0 bridgehead atoms. The minimum Gasteiger partial charge on any atom is -0.480 e. The van der Waals surface area contributed by atoms with Gasteiger partial charge in [-0.2, -0.15) is 0 Å². The number of ether oxygens (including phenoxy) is 1. The lowest BCUT2D eigenvalue weighted by Crippen LogP contribution is -2.48. The predicted molar refractivity (Wildman–Crippen MR) is 129 cm³/mol. The first-order valence-corrected chi connectivity index (χ1v) is 10.4. The maximum absolute atomic E-state index is 12.5. The maximum atomic E-state index is 12.5. The van der Waals surface area contributed by atoms with Crippen molar-refractivity contribution in [2.24, 2.45) is 0 Å². The first-order valence-electron chi connectivity index (χ1n) is 9.96. The molecule has 162 valence electrons. The van der Waals surface area contributed by atoms with Gasteiger partial charge in [0.25, 0.3) is 5.91 Å². The molecule has 0 fully saturated rings. The van der Waals surface area contributed by atoms with Gasteiger partial charge in [-0.3, -0.25) is 15.6 Å². The van der Waals surface area contributed by atoms with E-state index in [0.29, 0.717) is 17.0 Å². The first-order chi connectivity index (χ1) is 15.4. The normalized spacial score (nSPS) is 11.7. The van der Waals surface area contributed by atoms with Crippen LogP contribution in [-0.4, -0.2) is 17.1 Å². The summed E-state index contributed by atoms with van der Waals surface area (Å²) in [5, 5.41) is 5.91. The van der Waals surface area contributed by atoms with Crippen molar-refractivity contribution in [3.8, 4) is 5.75 Å². The Kier molecular flexibility index (Phi) is 6.04. The first kappa shape index (κ1) is 21.3. The molecule has 0 aliphatic heterocycles. The van der Waals surface area contributed by atoms with Gasteiger partial charge >= 0.3 is 5.63 Å². The van der Waals surface area contributed by atoms with Crippen molar-refractivity contribution in [3.05, 3.63) is 82.7 Å². The number of anilines is 1. The highest BCUT2D eigenvalue weighted by Crippen LogP contribution is 2.26. The van der Waals surface area contributed by atoms with Crippen LogP contribution in [0.1, 0.15) is 12.5 Å². The number of fused-ring (bicyclic) bond motifs is 2. The van der Waals surface area contributed by atoms with Crippen LogP contribution in [0.25, 0.3) is 21.7 Å². The van der Waals surface area contributed by atoms with E-state index in [1.54, 1.807) is 19.1 Å². The molecule has 0 radical (unpaired) electrons. The Labute approximate surface area is 189 Å². The van der Waals surface area contributed by atoms with Crippen LogP contribution < -0.4 is 26.5 Å². The van der Waals surface area contributed by atoms with Crippen LogP contribution in [0.15, 0.2) is 75.9 Å². The van der Waals surface area contributed by atoms with Gasteiger partial charge < -0.3 is 14.5 Å². The third-order valence-corrected chi connectivity index (χ3v) is 5.14. The van der Waals surface area contributed by atoms with E-state index in [2.05, 4.69) is 16.2 Å². The number of amides is 1. The summed E-state index contributed by atoms with van der Waals surface area (Å²) in [6.45, 7) is 3.50. The maximum Gasteiger partial charge on any atom is 0.336 e. The number of aryl methyl sites for hydroxylation is 1. The Morgan fingerprint density at radius 1 is 1.00 bits per heavy atom. The van der Waals surface area contributed by atoms with E-state index in [4.69, 9.17) is 21.4 Å². The average Bonchev–Trinajstić information content (AvgIpc) is 2.77. The molecule has 8 heteroatoms. The highest BCUT2D eigenvalue weighted by Gasteiger charge is 2.16. The molecule has 3 aromatic carbocycles. The second-order valence-corrected chi connectivity index (χ2v) is 7.67. The fraction of sp³-hybridized carbons (Fsp3) is 0.125. The molecule has 0 aliphatic rings. The number of benzene rings is 3. The Morgan fingerprint density at radius 3 is 2.62 bits per heavy atom. The van der Waals surface area contributed by atoms with E-state index in [-0.39, 0.29) is 11.0 Å². The molecule has 1 heterocycles. The molecule has 0 saturated carbocycles. The number of nitrogens with one attached hydrogen (secondary N) is 3. The van der Waals surface area contributed by atoms with Crippen molar-refractivity contribution < 1.29 is 13.9 Å². The van der Waals surface area contributed by atoms with Crippen LogP contribution in [0.2, 0.25) is 0 Å². The van der Waals surface area contributed by atoms with Gasteiger partial charge in [-0.15, -0.1) is 0 Å². The Bertz CT molecular complexity index is 1380. The molecule has 3 N–H and O–H groups in total. The second-order valence-electron chi connectivity index (χ2n) is 7.27. The summed E-state index contributed by atoms with van der Waals surface area (Å²) in [4.78, 5) is 24.1. The quantitative estimate of drug-likeness (QED) is 0.247. The van der Waals surface area contributed by atoms with E-state index < -0.39 is 11.7 Å². The van der Waals surface area contributed by atoms with Crippen molar-refractivity contribution in [2.45, 2.75) is 20.0 Å². The van der Waals surface area contributed by atoms with Crippen LogP contribution in [0, 0.1) is 6.92 Å². The van der Waals surface area contributed by atoms with Gasteiger partial charge in [-0.05, 0) is 55.2 Å². The van der Waals surface area contributed by atoms with Gasteiger partial charge in [0.15, 0.2) is 11.2 Å². The largest absolute Gasteiger partial charge is 0.480 e. The third-order valence-electron chi connectivity index (χ3n) is 4.93. The number of hydrogen-bond donors (Lipinski definition) is 3. The van der Waals surface area contributed by atoms with E-state index in [0.717, 1.165) is 21.7 Å². The summed E-state index contributed by atoms with van der Waals surface area (Å²) in [5.41, 5.74) is 6.66. The van der Waals surface area contributed by atoms with Crippen LogP contribution in [0.3, 0.4) is 0 Å². The summed E-state index contributed by atoms with van der Waals surface area (Å²) in [6.07, 6.45) is -0.756. The monoisotopic (exact) mass is 447 g/mol. The fourth-order valence-electron chi connectivity index (χ4n) is 3.33. The molecule has 1 atom stereocenters. The molecule has 32 heavy (non-hydrogen) atoms. The van der Waals surface area contributed by atoms with E-state index in [1.807, 2.05) is 55.5 Å². The van der Waals surface area contributed by atoms with Gasteiger partial charge in [0.2, 0.25) is 0 Å². The van der Waals surface area contributed by atoms with Crippen molar-refractivity contribution in [3.63, 3.8) is 0 Å². The molecule has 7 nitrogen and oxygen atoms in total. The zero-order chi connectivity index (χ0) is 22.7. The van der Waals surface area contributed by atoms with Gasteiger partial charge in [-0.25, -0.2) is 4.79 Å². The molecule has 1 amide bonds. The SMILES string of the molecule is Cc1cc(=O)oc2cc(NC(=S)NNC(=O)[C@@H](C)Oc3cccc4ccccc34)ccc12. The van der Waals surface area contributed by atoms with Crippen molar-refractivity contribution in [1.29, 1.82) is 0 Å². The predicted octanol–water partition coefficient (Wildman–Crippen LogP) is 4.04. The smallest absolute Gasteiger partial charge is 0.336 e. The number of hydrogen-bond acceptors (Lipinski definition) is 5. The third kappa shape index (κ3) is 4.70. The molecule has 4 aromatic rings.